The Morgan fingerprint density at radius 2 is 2.13 bits per heavy atom. The third-order valence-corrected chi connectivity index (χ3v) is 5.56. The Kier molecular flexibility index (Phi) is 3.92. The highest BCUT2D eigenvalue weighted by Gasteiger charge is 2.33. The van der Waals surface area contributed by atoms with Crippen molar-refractivity contribution in [2.45, 2.75) is 32.0 Å². The first-order valence-corrected chi connectivity index (χ1v) is 9.43. The summed E-state index contributed by atoms with van der Waals surface area (Å²) in [6.45, 7) is 0.664. The smallest absolute Gasteiger partial charge is 0.341 e. The maximum atomic E-state index is 15.3. The topological polar surface area (TPSA) is 124 Å². The molecule has 3 aromatic rings. The van der Waals surface area contributed by atoms with Gasteiger partial charge in [-0.3, -0.25) is 4.79 Å². The van der Waals surface area contributed by atoms with E-state index in [0.717, 1.165) is 24.5 Å². The number of rotatable bonds is 4. The number of fused-ring (bicyclic) bond motifs is 2. The zero-order valence-electron chi connectivity index (χ0n) is 16.1. The quantitative estimate of drug-likeness (QED) is 0.669. The predicted molar refractivity (Wildman–Crippen MR) is 106 cm³/mol. The molecule has 2 aliphatic rings. The van der Waals surface area contributed by atoms with E-state index < -0.39 is 17.2 Å². The molecule has 2 aromatic heterocycles. The molecule has 1 aliphatic carbocycles. The molecular weight excluding hydrogens is 393 g/mol. The van der Waals surface area contributed by atoms with Crippen molar-refractivity contribution in [1.29, 1.82) is 0 Å². The average Bonchev–Trinajstić information content (AvgIpc) is 3.46. The van der Waals surface area contributed by atoms with Crippen molar-refractivity contribution >= 4 is 28.5 Å². The summed E-state index contributed by atoms with van der Waals surface area (Å²) in [5.41, 5.74) is 6.66. The minimum atomic E-state index is -1.34. The number of carbonyl (C=O) groups is 1. The van der Waals surface area contributed by atoms with Gasteiger partial charge in [-0.05, 0) is 18.9 Å². The fraction of sp³-hybridized carbons (Fsp3) is 0.300. The van der Waals surface area contributed by atoms with Crippen LogP contribution in [0.1, 0.15) is 40.5 Å². The lowest BCUT2D eigenvalue weighted by atomic mass is 10.1. The van der Waals surface area contributed by atoms with E-state index in [-0.39, 0.29) is 34.4 Å². The molecule has 0 unspecified atom stereocenters. The summed E-state index contributed by atoms with van der Waals surface area (Å²) in [5.74, 6) is -1.68. The largest absolute Gasteiger partial charge is 0.492 e. The Morgan fingerprint density at radius 1 is 1.37 bits per heavy atom. The molecule has 1 aliphatic heterocycles. The van der Waals surface area contributed by atoms with Gasteiger partial charge in [-0.1, -0.05) is 0 Å². The van der Waals surface area contributed by atoms with Gasteiger partial charge >= 0.3 is 5.97 Å². The van der Waals surface area contributed by atoms with Gasteiger partial charge in [-0.25, -0.2) is 19.2 Å². The zero-order chi connectivity index (χ0) is 21.2. The van der Waals surface area contributed by atoms with Gasteiger partial charge in [0.05, 0.1) is 30.3 Å². The summed E-state index contributed by atoms with van der Waals surface area (Å²) >= 11 is 0. The van der Waals surface area contributed by atoms with Crippen molar-refractivity contribution in [3.63, 3.8) is 0 Å². The van der Waals surface area contributed by atoms with E-state index in [4.69, 9.17) is 10.5 Å². The molecular formula is C20H18FN5O4. The van der Waals surface area contributed by atoms with Crippen molar-refractivity contribution in [2.24, 2.45) is 0 Å². The number of nitrogen functional groups attached to an aromatic ring is 1. The lowest BCUT2D eigenvalue weighted by Gasteiger charge is -2.24. The van der Waals surface area contributed by atoms with Crippen molar-refractivity contribution in [1.82, 2.24) is 14.5 Å². The van der Waals surface area contributed by atoms with Crippen molar-refractivity contribution in [3.05, 3.63) is 51.3 Å². The van der Waals surface area contributed by atoms with Crippen LogP contribution in [0.2, 0.25) is 0 Å². The predicted octanol–water partition coefficient (Wildman–Crippen LogP) is 2.07. The van der Waals surface area contributed by atoms with Gasteiger partial charge in [0, 0.05) is 30.5 Å². The molecule has 0 atom stereocenters. The molecule has 0 saturated heterocycles. The Balaban J connectivity index is 1.76. The summed E-state index contributed by atoms with van der Waals surface area (Å²) in [6.07, 6.45) is 4.63. The minimum absolute atomic E-state index is 0.0133. The first kappa shape index (κ1) is 18.3. The molecule has 9 nitrogen and oxygen atoms in total. The molecule has 0 amide bonds. The highest BCUT2D eigenvalue weighted by atomic mass is 19.1. The van der Waals surface area contributed by atoms with Gasteiger partial charge in [0.25, 0.3) is 0 Å². The summed E-state index contributed by atoms with van der Waals surface area (Å²) in [6, 6.07) is 1.14. The van der Waals surface area contributed by atoms with Crippen LogP contribution in [0.15, 0.2) is 23.3 Å². The van der Waals surface area contributed by atoms with Gasteiger partial charge in [-0.2, -0.15) is 0 Å². The van der Waals surface area contributed by atoms with E-state index in [1.165, 1.54) is 13.3 Å². The van der Waals surface area contributed by atoms with Gasteiger partial charge in [0.2, 0.25) is 11.4 Å². The van der Waals surface area contributed by atoms with Crippen LogP contribution in [0.25, 0.3) is 10.9 Å². The fourth-order valence-electron chi connectivity index (χ4n) is 4.05. The Bertz CT molecular complexity index is 1280. The Labute approximate surface area is 169 Å². The van der Waals surface area contributed by atoms with Crippen LogP contribution in [0.4, 0.5) is 16.0 Å². The Morgan fingerprint density at radius 3 is 2.80 bits per heavy atom. The number of hydrogen-bond acceptors (Lipinski definition) is 7. The molecule has 10 heteroatoms. The van der Waals surface area contributed by atoms with Crippen LogP contribution < -0.4 is 20.8 Å². The van der Waals surface area contributed by atoms with Gasteiger partial charge < -0.3 is 25.0 Å². The second-order valence-corrected chi connectivity index (χ2v) is 7.51. The molecule has 1 fully saturated rings. The molecule has 3 N–H and O–H groups in total. The summed E-state index contributed by atoms with van der Waals surface area (Å²) < 4.78 is 22.6. The lowest BCUT2D eigenvalue weighted by Crippen LogP contribution is -2.22. The number of pyridine rings is 1. The molecule has 1 saturated carbocycles. The van der Waals surface area contributed by atoms with Crippen LogP contribution in [0.5, 0.6) is 5.75 Å². The SMILES string of the molecule is COc1c(N2Cc3cnc(N)nc3C2)c(F)cc2c(=O)c(C(=O)O)cn(C3CC3)c12. The third kappa shape index (κ3) is 2.67. The monoisotopic (exact) mass is 411 g/mol. The van der Waals surface area contributed by atoms with Gasteiger partial charge in [-0.15, -0.1) is 0 Å². The number of aromatic nitrogens is 3. The summed E-state index contributed by atoms with van der Waals surface area (Å²) in [4.78, 5) is 34.3. The van der Waals surface area contributed by atoms with Crippen molar-refractivity contribution in [3.8, 4) is 5.75 Å². The van der Waals surface area contributed by atoms with E-state index in [1.54, 1.807) is 15.7 Å². The van der Waals surface area contributed by atoms with Gasteiger partial charge in [0.15, 0.2) is 11.6 Å². The van der Waals surface area contributed by atoms with E-state index in [1.807, 2.05) is 0 Å². The van der Waals surface area contributed by atoms with Gasteiger partial charge in [0.1, 0.15) is 11.3 Å². The number of halogens is 1. The highest BCUT2D eigenvalue weighted by Crippen LogP contribution is 2.45. The summed E-state index contributed by atoms with van der Waals surface area (Å²) in [7, 11) is 1.41. The zero-order valence-corrected chi connectivity index (χ0v) is 16.1. The molecule has 3 heterocycles. The average molecular weight is 411 g/mol. The molecule has 0 spiro atoms. The Hall–Kier alpha value is -3.69. The number of aromatic carboxylic acids is 1. The third-order valence-electron chi connectivity index (χ3n) is 5.56. The van der Waals surface area contributed by atoms with Crippen LogP contribution >= 0.6 is 0 Å². The highest BCUT2D eigenvalue weighted by molar-refractivity contribution is 5.97. The number of anilines is 2. The number of carboxylic acids is 1. The number of methoxy groups -OCH3 is 1. The maximum absolute atomic E-state index is 15.3. The molecule has 0 radical (unpaired) electrons. The number of carboxylic acid groups (broad SMARTS) is 1. The lowest BCUT2D eigenvalue weighted by molar-refractivity contribution is 0.0695. The molecule has 154 valence electrons. The first-order chi connectivity index (χ1) is 14.4. The van der Waals surface area contributed by atoms with E-state index in [0.29, 0.717) is 24.3 Å². The van der Waals surface area contributed by atoms with Crippen molar-refractivity contribution < 1.29 is 19.0 Å². The maximum Gasteiger partial charge on any atom is 0.341 e. The van der Waals surface area contributed by atoms with Crippen LogP contribution in [0, 0.1) is 5.82 Å². The number of ether oxygens (including phenoxy) is 1. The number of nitrogens with two attached hydrogens (primary N) is 1. The number of hydrogen-bond donors (Lipinski definition) is 2. The standard InChI is InChI=1S/C20H18FN5O4/c1-30-18-15-11(17(27)12(19(28)29)7-26(15)10-2-3-10)4-13(21)16(18)25-6-9-5-23-20(22)24-14(9)8-25/h4-5,7,10H,2-3,6,8H2,1H3,(H,28,29)(H2,22,23,24). The second kappa shape index (κ2) is 6.41. The van der Waals surface area contributed by atoms with Crippen LogP contribution in [-0.2, 0) is 13.1 Å². The summed E-state index contributed by atoms with van der Waals surface area (Å²) in [5, 5.41) is 9.41. The normalized spacial score (nSPS) is 15.5. The van der Waals surface area contributed by atoms with E-state index in [9.17, 15) is 14.7 Å². The number of nitrogens with zero attached hydrogens (tertiary/aromatic N) is 4. The molecule has 5 rings (SSSR count). The minimum Gasteiger partial charge on any atom is -0.492 e. The van der Waals surface area contributed by atoms with E-state index >= 15 is 4.39 Å². The van der Waals surface area contributed by atoms with Crippen molar-refractivity contribution in [2.75, 3.05) is 17.7 Å². The molecule has 30 heavy (non-hydrogen) atoms. The fourth-order valence-corrected chi connectivity index (χ4v) is 4.05. The van der Waals surface area contributed by atoms with Crippen LogP contribution in [0.3, 0.4) is 0 Å². The first-order valence-electron chi connectivity index (χ1n) is 9.43. The van der Waals surface area contributed by atoms with Crippen LogP contribution in [-0.4, -0.2) is 32.7 Å². The molecule has 0 bridgehead atoms. The van der Waals surface area contributed by atoms with E-state index in [2.05, 4.69) is 9.97 Å². The number of benzene rings is 1. The molecule has 1 aromatic carbocycles. The second-order valence-electron chi connectivity index (χ2n) is 7.51.